The first kappa shape index (κ1) is 14.8. The van der Waals surface area contributed by atoms with Crippen LogP contribution in [0.1, 0.15) is 44.1 Å². The molecule has 4 heteroatoms. The van der Waals surface area contributed by atoms with Gasteiger partial charge in [-0.15, -0.1) is 0 Å². The van der Waals surface area contributed by atoms with Gasteiger partial charge in [-0.25, -0.2) is 4.39 Å². The Bertz CT molecular complexity index is 405. The quantitative estimate of drug-likeness (QED) is 0.637. The molecule has 0 amide bonds. The third-order valence-corrected chi connectivity index (χ3v) is 4.42. The van der Waals surface area contributed by atoms with Gasteiger partial charge in [-0.2, -0.15) is 0 Å². The molecule has 0 aromatic heterocycles. The summed E-state index contributed by atoms with van der Waals surface area (Å²) in [5.41, 5.74) is 3.70. The Morgan fingerprint density at radius 2 is 2.05 bits per heavy atom. The van der Waals surface area contributed by atoms with Crippen LogP contribution in [0.3, 0.4) is 0 Å². The van der Waals surface area contributed by atoms with Gasteiger partial charge in [0.1, 0.15) is 5.82 Å². The molecule has 19 heavy (non-hydrogen) atoms. The molecule has 3 N–H and O–H groups in total. The molecule has 1 saturated carbocycles. The lowest BCUT2D eigenvalue weighted by molar-refractivity contribution is 0.298. The fourth-order valence-electron chi connectivity index (χ4n) is 3.00. The van der Waals surface area contributed by atoms with Crippen LogP contribution in [-0.4, -0.2) is 6.04 Å². The van der Waals surface area contributed by atoms with E-state index in [0.29, 0.717) is 11.4 Å². The minimum Gasteiger partial charge on any atom is -0.271 e. The molecule has 1 aliphatic carbocycles. The molecule has 2 rings (SSSR count). The average molecular weight is 285 g/mol. The monoisotopic (exact) mass is 284 g/mol. The SMILES string of the molecule is NNC(Cc1cc(F)ccc1Cl)CC1CCCCC1. The van der Waals surface area contributed by atoms with Gasteiger partial charge in [0, 0.05) is 11.1 Å². The number of hydrogen-bond acceptors (Lipinski definition) is 2. The molecule has 1 fully saturated rings. The van der Waals surface area contributed by atoms with E-state index in [4.69, 9.17) is 17.4 Å². The summed E-state index contributed by atoms with van der Waals surface area (Å²) in [7, 11) is 0. The van der Waals surface area contributed by atoms with Crippen molar-refractivity contribution in [3.8, 4) is 0 Å². The van der Waals surface area contributed by atoms with Gasteiger partial charge in [0.2, 0.25) is 0 Å². The van der Waals surface area contributed by atoms with E-state index in [2.05, 4.69) is 5.43 Å². The molecule has 106 valence electrons. The van der Waals surface area contributed by atoms with E-state index >= 15 is 0 Å². The van der Waals surface area contributed by atoms with Gasteiger partial charge in [-0.3, -0.25) is 11.3 Å². The molecule has 1 unspecified atom stereocenters. The van der Waals surface area contributed by atoms with Crippen LogP contribution in [-0.2, 0) is 6.42 Å². The second kappa shape index (κ2) is 7.22. The minimum absolute atomic E-state index is 0.169. The van der Waals surface area contributed by atoms with Crippen LogP contribution in [0.5, 0.6) is 0 Å². The highest BCUT2D eigenvalue weighted by Crippen LogP contribution is 2.28. The molecule has 0 heterocycles. The number of benzene rings is 1. The fourth-order valence-corrected chi connectivity index (χ4v) is 3.20. The van der Waals surface area contributed by atoms with E-state index in [-0.39, 0.29) is 11.9 Å². The second-order valence-electron chi connectivity index (χ2n) is 5.54. The summed E-state index contributed by atoms with van der Waals surface area (Å²) in [4.78, 5) is 0. The van der Waals surface area contributed by atoms with Crippen molar-refractivity contribution in [1.82, 2.24) is 5.43 Å². The van der Waals surface area contributed by atoms with Crippen molar-refractivity contribution in [1.29, 1.82) is 0 Å². The number of nitrogens with one attached hydrogen (secondary N) is 1. The average Bonchev–Trinajstić information content (AvgIpc) is 2.43. The lowest BCUT2D eigenvalue weighted by atomic mass is 9.84. The molecule has 0 radical (unpaired) electrons. The Morgan fingerprint density at radius 3 is 2.74 bits per heavy atom. The molecule has 1 atom stereocenters. The first-order valence-electron chi connectivity index (χ1n) is 7.09. The van der Waals surface area contributed by atoms with Crippen molar-refractivity contribution in [2.24, 2.45) is 11.8 Å². The zero-order valence-corrected chi connectivity index (χ0v) is 11.9. The molecule has 0 saturated heterocycles. The lowest BCUT2D eigenvalue weighted by Gasteiger charge is -2.26. The van der Waals surface area contributed by atoms with Gasteiger partial charge in [0.15, 0.2) is 0 Å². The minimum atomic E-state index is -0.243. The van der Waals surface area contributed by atoms with E-state index in [1.54, 1.807) is 6.07 Å². The Morgan fingerprint density at radius 1 is 1.32 bits per heavy atom. The van der Waals surface area contributed by atoms with Crippen LogP contribution >= 0.6 is 11.6 Å². The standard InChI is InChI=1S/C15H22ClFN2/c16-15-7-6-13(17)9-12(15)10-14(19-18)8-11-4-2-1-3-5-11/h6-7,9,11,14,19H,1-5,8,10,18H2. The number of nitrogens with two attached hydrogens (primary N) is 1. The Balaban J connectivity index is 1.95. The summed E-state index contributed by atoms with van der Waals surface area (Å²) in [6.07, 6.45) is 8.30. The molecule has 0 bridgehead atoms. The fraction of sp³-hybridized carbons (Fsp3) is 0.600. The largest absolute Gasteiger partial charge is 0.271 e. The predicted molar refractivity (Wildman–Crippen MR) is 77.4 cm³/mol. The van der Waals surface area contributed by atoms with Gasteiger partial charge < -0.3 is 0 Å². The van der Waals surface area contributed by atoms with E-state index < -0.39 is 0 Å². The Kier molecular flexibility index (Phi) is 5.61. The molecule has 1 aliphatic rings. The van der Waals surface area contributed by atoms with Gasteiger partial charge >= 0.3 is 0 Å². The zero-order valence-electron chi connectivity index (χ0n) is 11.2. The molecular formula is C15H22ClFN2. The van der Waals surface area contributed by atoms with Crippen molar-refractivity contribution < 1.29 is 4.39 Å². The highest BCUT2D eigenvalue weighted by Gasteiger charge is 2.19. The Hall–Kier alpha value is -0.640. The van der Waals surface area contributed by atoms with E-state index in [1.807, 2.05) is 0 Å². The van der Waals surface area contributed by atoms with Gasteiger partial charge in [0.25, 0.3) is 0 Å². The molecule has 0 spiro atoms. The summed E-state index contributed by atoms with van der Waals surface area (Å²) in [6.45, 7) is 0. The molecule has 2 nitrogen and oxygen atoms in total. The summed E-state index contributed by atoms with van der Waals surface area (Å²) < 4.78 is 13.2. The number of rotatable bonds is 5. The van der Waals surface area contributed by atoms with Gasteiger partial charge in [-0.1, -0.05) is 43.7 Å². The van der Waals surface area contributed by atoms with Crippen LogP contribution < -0.4 is 11.3 Å². The second-order valence-corrected chi connectivity index (χ2v) is 5.95. The van der Waals surface area contributed by atoms with Crippen molar-refractivity contribution in [3.63, 3.8) is 0 Å². The third kappa shape index (κ3) is 4.44. The van der Waals surface area contributed by atoms with E-state index in [1.165, 1.54) is 44.2 Å². The zero-order chi connectivity index (χ0) is 13.7. The van der Waals surface area contributed by atoms with E-state index in [9.17, 15) is 4.39 Å². The van der Waals surface area contributed by atoms with Gasteiger partial charge in [-0.05, 0) is 42.5 Å². The molecule has 0 aliphatic heterocycles. The summed E-state index contributed by atoms with van der Waals surface area (Å²) in [6, 6.07) is 4.67. The van der Waals surface area contributed by atoms with Crippen molar-refractivity contribution in [2.45, 2.75) is 51.0 Å². The van der Waals surface area contributed by atoms with Crippen molar-refractivity contribution in [2.75, 3.05) is 0 Å². The van der Waals surface area contributed by atoms with Crippen LogP contribution in [0.4, 0.5) is 4.39 Å². The molecule has 1 aromatic carbocycles. The smallest absolute Gasteiger partial charge is 0.123 e. The number of halogens is 2. The maximum atomic E-state index is 13.2. The van der Waals surface area contributed by atoms with Crippen LogP contribution in [0.2, 0.25) is 5.02 Å². The maximum absolute atomic E-state index is 13.2. The van der Waals surface area contributed by atoms with Crippen molar-refractivity contribution >= 4 is 11.6 Å². The molecular weight excluding hydrogens is 263 g/mol. The molecule has 1 aromatic rings. The van der Waals surface area contributed by atoms with Crippen molar-refractivity contribution in [3.05, 3.63) is 34.6 Å². The van der Waals surface area contributed by atoms with Crippen LogP contribution in [0.15, 0.2) is 18.2 Å². The summed E-state index contributed by atoms with van der Waals surface area (Å²) >= 11 is 6.10. The highest BCUT2D eigenvalue weighted by atomic mass is 35.5. The van der Waals surface area contributed by atoms with Gasteiger partial charge in [0.05, 0.1) is 0 Å². The Labute approximate surface area is 119 Å². The predicted octanol–water partition coefficient (Wildman–Crippen LogP) is 3.82. The van der Waals surface area contributed by atoms with E-state index in [0.717, 1.165) is 17.9 Å². The summed E-state index contributed by atoms with van der Waals surface area (Å²) in [5.74, 6) is 6.13. The first-order chi connectivity index (χ1) is 9.19. The highest BCUT2D eigenvalue weighted by molar-refractivity contribution is 6.31. The number of hydrogen-bond donors (Lipinski definition) is 2. The topological polar surface area (TPSA) is 38.0 Å². The van der Waals surface area contributed by atoms with Crippen LogP contribution in [0.25, 0.3) is 0 Å². The van der Waals surface area contributed by atoms with Crippen LogP contribution in [0, 0.1) is 11.7 Å². The maximum Gasteiger partial charge on any atom is 0.123 e. The number of hydrazine groups is 1. The summed E-state index contributed by atoms with van der Waals surface area (Å²) in [5, 5.41) is 0.616. The first-order valence-corrected chi connectivity index (χ1v) is 7.47. The lowest BCUT2D eigenvalue weighted by Crippen LogP contribution is -2.38. The normalized spacial score (nSPS) is 18.5. The third-order valence-electron chi connectivity index (χ3n) is 4.05.